The van der Waals surface area contributed by atoms with Gasteiger partial charge >= 0.3 is 0 Å². The molecule has 3 heterocycles. The fourth-order valence-corrected chi connectivity index (χ4v) is 4.09. The van der Waals surface area contributed by atoms with Crippen LogP contribution in [0.5, 0.6) is 11.6 Å². The maximum atomic E-state index is 14.3. The summed E-state index contributed by atoms with van der Waals surface area (Å²) in [4.78, 5) is 26.1. The van der Waals surface area contributed by atoms with Gasteiger partial charge in [0.25, 0.3) is 5.91 Å². The summed E-state index contributed by atoms with van der Waals surface area (Å²) in [6.45, 7) is 2.44. The van der Waals surface area contributed by atoms with E-state index >= 15 is 0 Å². The van der Waals surface area contributed by atoms with E-state index in [1.807, 2.05) is 0 Å². The van der Waals surface area contributed by atoms with E-state index in [2.05, 4.69) is 9.88 Å². The molecule has 5 rings (SSSR count). The molecule has 164 valence electrons. The monoisotopic (exact) mass is 436 g/mol. The summed E-state index contributed by atoms with van der Waals surface area (Å²) in [6, 6.07) is 11.6. The van der Waals surface area contributed by atoms with Crippen LogP contribution in [0.1, 0.15) is 34.5 Å². The quantitative estimate of drug-likeness (QED) is 0.609. The molecule has 0 aliphatic carbocycles. The maximum absolute atomic E-state index is 14.3. The van der Waals surface area contributed by atoms with Crippen LogP contribution in [0.15, 0.2) is 48.5 Å². The van der Waals surface area contributed by atoms with Gasteiger partial charge in [0.1, 0.15) is 5.82 Å². The Morgan fingerprint density at radius 1 is 0.938 bits per heavy atom. The predicted octanol–water partition coefficient (Wildman–Crippen LogP) is 4.35. The summed E-state index contributed by atoms with van der Waals surface area (Å²) in [5, 5.41) is 0. The van der Waals surface area contributed by atoms with Crippen LogP contribution in [0.25, 0.3) is 0 Å². The molecule has 1 saturated heterocycles. The average molecular weight is 436 g/mol. The number of ether oxygens (including phenoxy) is 1. The van der Waals surface area contributed by atoms with Crippen molar-refractivity contribution < 1.29 is 18.3 Å². The van der Waals surface area contributed by atoms with Gasteiger partial charge in [0.15, 0.2) is 11.6 Å². The van der Waals surface area contributed by atoms with Crippen LogP contribution >= 0.6 is 0 Å². The van der Waals surface area contributed by atoms with Crippen LogP contribution in [-0.2, 0) is 13.0 Å². The summed E-state index contributed by atoms with van der Waals surface area (Å²) in [6.07, 6.45) is 2.67. The van der Waals surface area contributed by atoms with E-state index in [9.17, 15) is 13.6 Å². The van der Waals surface area contributed by atoms with Crippen molar-refractivity contribution in [2.45, 2.75) is 25.8 Å². The number of para-hydroxylation sites is 1. The molecular formula is C24H22F2N4O2. The van der Waals surface area contributed by atoms with Crippen LogP contribution < -0.4 is 9.64 Å². The first-order chi connectivity index (χ1) is 15.6. The van der Waals surface area contributed by atoms with Gasteiger partial charge in [-0.15, -0.1) is 0 Å². The number of anilines is 1. The second kappa shape index (κ2) is 8.53. The van der Waals surface area contributed by atoms with E-state index in [0.29, 0.717) is 30.0 Å². The molecule has 2 aliphatic heterocycles. The molecule has 0 spiro atoms. The molecule has 1 aromatic heterocycles. The van der Waals surface area contributed by atoms with Gasteiger partial charge in [-0.2, -0.15) is 4.98 Å². The highest BCUT2D eigenvalue weighted by Crippen LogP contribution is 2.33. The fourth-order valence-electron chi connectivity index (χ4n) is 4.09. The first-order valence-corrected chi connectivity index (χ1v) is 10.7. The number of amides is 1. The summed E-state index contributed by atoms with van der Waals surface area (Å²) in [5.41, 5.74) is 1.87. The van der Waals surface area contributed by atoms with Gasteiger partial charge in [0.05, 0.1) is 17.8 Å². The van der Waals surface area contributed by atoms with E-state index in [-0.39, 0.29) is 24.1 Å². The Labute approximate surface area is 184 Å². The number of carbonyl (C=O) groups is 1. The van der Waals surface area contributed by atoms with E-state index in [0.717, 1.165) is 31.6 Å². The van der Waals surface area contributed by atoms with Crippen molar-refractivity contribution in [3.8, 4) is 11.6 Å². The SMILES string of the molecule is O=C(c1ccc(F)cc1)N1CCc2nc(N3CCCC3)nc(Oc3ccccc3F)c2C1. The zero-order valence-corrected chi connectivity index (χ0v) is 17.4. The number of nitrogens with zero attached hydrogens (tertiary/aromatic N) is 4. The molecule has 1 amide bonds. The van der Waals surface area contributed by atoms with Crippen LogP contribution in [-0.4, -0.2) is 40.4 Å². The minimum Gasteiger partial charge on any atom is -0.435 e. The van der Waals surface area contributed by atoms with Crippen LogP contribution in [0, 0.1) is 11.6 Å². The summed E-state index contributed by atoms with van der Waals surface area (Å²) in [5.74, 6) is -0.185. The number of fused-ring (bicyclic) bond motifs is 1. The summed E-state index contributed by atoms with van der Waals surface area (Å²) in [7, 11) is 0. The van der Waals surface area contributed by atoms with Crippen molar-refractivity contribution in [3.63, 3.8) is 0 Å². The second-order valence-corrected chi connectivity index (χ2v) is 7.96. The minimum atomic E-state index is -0.488. The third kappa shape index (κ3) is 4.00. The standard InChI is InChI=1S/C24H22F2N4O2/c25-17-9-7-16(8-10-17)23(31)30-14-11-20-18(15-30)22(32-21-6-2-1-5-19(21)26)28-24(27-20)29-12-3-4-13-29/h1-2,5-10H,3-4,11-15H2. The van der Waals surface area contributed by atoms with Crippen molar-refractivity contribution in [1.82, 2.24) is 14.9 Å². The Morgan fingerprint density at radius 3 is 2.44 bits per heavy atom. The fraction of sp³-hybridized carbons (Fsp3) is 0.292. The molecule has 3 aromatic rings. The third-order valence-corrected chi connectivity index (χ3v) is 5.82. The molecule has 0 saturated carbocycles. The topological polar surface area (TPSA) is 58.6 Å². The van der Waals surface area contributed by atoms with Gasteiger partial charge in [-0.1, -0.05) is 12.1 Å². The van der Waals surface area contributed by atoms with Crippen molar-refractivity contribution in [2.24, 2.45) is 0 Å². The number of hydrogen-bond acceptors (Lipinski definition) is 5. The minimum absolute atomic E-state index is 0.0720. The van der Waals surface area contributed by atoms with E-state index < -0.39 is 11.6 Å². The number of carbonyl (C=O) groups excluding carboxylic acids is 1. The average Bonchev–Trinajstić information content (AvgIpc) is 3.35. The molecule has 2 aliphatic rings. The maximum Gasteiger partial charge on any atom is 0.254 e. The van der Waals surface area contributed by atoms with E-state index in [1.165, 1.54) is 30.3 Å². The molecule has 2 aromatic carbocycles. The molecular weight excluding hydrogens is 414 g/mol. The van der Waals surface area contributed by atoms with Gasteiger partial charge in [0.2, 0.25) is 11.8 Å². The molecule has 0 atom stereocenters. The van der Waals surface area contributed by atoms with Gasteiger partial charge in [-0.3, -0.25) is 4.79 Å². The van der Waals surface area contributed by atoms with Crippen molar-refractivity contribution in [1.29, 1.82) is 0 Å². The van der Waals surface area contributed by atoms with Crippen molar-refractivity contribution in [3.05, 3.63) is 77.0 Å². The molecule has 0 radical (unpaired) electrons. The third-order valence-electron chi connectivity index (χ3n) is 5.82. The molecule has 32 heavy (non-hydrogen) atoms. The first-order valence-electron chi connectivity index (χ1n) is 10.7. The molecule has 0 N–H and O–H groups in total. The number of halogens is 2. The van der Waals surface area contributed by atoms with Gasteiger partial charge in [-0.05, 0) is 49.2 Å². The van der Waals surface area contributed by atoms with Crippen LogP contribution in [0.4, 0.5) is 14.7 Å². The number of aromatic nitrogens is 2. The highest BCUT2D eigenvalue weighted by atomic mass is 19.1. The molecule has 1 fully saturated rings. The largest absolute Gasteiger partial charge is 0.435 e. The molecule has 0 unspecified atom stereocenters. The van der Waals surface area contributed by atoms with Gasteiger partial charge in [0, 0.05) is 31.6 Å². The Bertz CT molecular complexity index is 1150. The number of benzene rings is 2. The predicted molar refractivity (Wildman–Crippen MR) is 115 cm³/mol. The first kappa shape index (κ1) is 20.4. The molecule has 6 nitrogen and oxygen atoms in total. The van der Waals surface area contributed by atoms with Crippen LogP contribution in [0.3, 0.4) is 0 Å². The summed E-state index contributed by atoms with van der Waals surface area (Å²) < 4.78 is 33.5. The lowest BCUT2D eigenvalue weighted by Crippen LogP contribution is -2.37. The van der Waals surface area contributed by atoms with Crippen molar-refractivity contribution >= 4 is 11.9 Å². The Balaban J connectivity index is 1.49. The zero-order chi connectivity index (χ0) is 22.1. The highest BCUT2D eigenvalue weighted by molar-refractivity contribution is 5.94. The van der Waals surface area contributed by atoms with Gasteiger partial charge in [-0.25, -0.2) is 13.8 Å². The Kier molecular flexibility index (Phi) is 5.43. The Morgan fingerprint density at radius 2 is 1.69 bits per heavy atom. The second-order valence-electron chi connectivity index (χ2n) is 7.96. The highest BCUT2D eigenvalue weighted by Gasteiger charge is 2.29. The Hall–Kier alpha value is -3.55. The van der Waals surface area contributed by atoms with Gasteiger partial charge < -0.3 is 14.5 Å². The number of rotatable bonds is 4. The normalized spacial score (nSPS) is 15.6. The molecule has 0 bridgehead atoms. The lowest BCUT2D eigenvalue weighted by molar-refractivity contribution is 0.0732. The lowest BCUT2D eigenvalue weighted by Gasteiger charge is -2.30. The lowest BCUT2D eigenvalue weighted by atomic mass is 10.1. The van der Waals surface area contributed by atoms with E-state index in [4.69, 9.17) is 9.72 Å². The molecule has 8 heteroatoms. The number of hydrogen-bond donors (Lipinski definition) is 0. The smallest absolute Gasteiger partial charge is 0.254 e. The van der Waals surface area contributed by atoms with Crippen molar-refractivity contribution in [2.75, 3.05) is 24.5 Å². The summed E-state index contributed by atoms with van der Waals surface area (Å²) >= 11 is 0. The van der Waals surface area contributed by atoms with Crippen LogP contribution in [0.2, 0.25) is 0 Å². The van der Waals surface area contributed by atoms with E-state index in [1.54, 1.807) is 23.1 Å². The zero-order valence-electron chi connectivity index (χ0n) is 17.4.